The van der Waals surface area contributed by atoms with E-state index >= 15 is 0 Å². The fourth-order valence-corrected chi connectivity index (χ4v) is 2.64. The van der Waals surface area contributed by atoms with Crippen molar-refractivity contribution < 1.29 is 14.6 Å². The monoisotopic (exact) mass is 291 g/mol. The smallest absolute Gasteiger partial charge is 0.327 e. The Hall–Kier alpha value is -1.55. The van der Waals surface area contributed by atoms with Crippen LogP contribution in [0.5, 0.6) is 5.75 Å². The highest BCUT2D eigenvalue weighted by Gasteiger charge is 2.51. The van der Waals surface area contributed by atoms with Gasteiger partial charge in [0.25, 0.3) is 0 Å². The molecule has 2 N–H and O–H groups in total. The van der Waals surface area contributed by atoms with Crippen LogP contribution < -0.4 is 10.1 Å². The Kier molecular flexibility index (Phi) is 4.88. The first-order valence-electron chi connectivity index (χ1n) is 7.68. The second kappa shape index (κ2) is 6.48. The number of carboxylic acids is 1. The van der Waals surface area contributed by atoms with Crippen molar-refractivity contribution in [1.82, 2.24) is 5.32 Å². The van der Waals surface area contributed by atoms with Crippen LogP contribution in [-0.2, 0) is 4.79 Å². The van der Waals surface area contributed by atoms with E-state index in [1.165, 1.54) is 5.56 Å². The molecule has 0 spiro atoms. The average molecular weight is 291 g/mol. The maximum Gasteiger partial charge on any atom is 0.327 e. The van der Waals surface area contributed by atoms with E-state index in [2.05, 4.69) is 31.3 Å². The zero-order valence-corrected chi connectivity index (χ0v) is 13.1. The molecule has 1 aliphatic carbocycles. The van der Waals surface area contributed by atoms with Gasteiger partial charge in [-0.15, -0.1) is 0 Å². The zero-order valence-electron chi connectivity index (χ0n) is 13.1. The number of carbonyl (C=O) groups is 1. The third-order valence-corrected chi connectivity index (χ3v) is 4.63. The molecule has 0 aliphatic heterocycles. The van der Waals surface area contributed by atoms with Crippen molar-refractivity contribution in [3.8, 4) is 5.75 Å². The van der Waals surface area contributed by atoms with Crippen molar-refractivity contribution >= 4 is 5.97 Å². The summed E-state index contributed by atoms with van der Waals surface area (Å²) in [5, 5.41) is 12.5. The standard InChI is InChI=1S/C17H25NO3/c1-4-12(2)13-5-9-15(10-6-13)21-11-17(18-3,16(19)20)14-7-8-14/h5-6,9-10,12,14,18H,4,7-8,11H2,1-3H3,(H,19,20). The van der Waals surface area contributed by atoms with E-state index < -0.39 is 11.5 Å². The number of nitrogens with one attached hydrogen (secondary N) is 1. The minimum atomic E-state index is -0.963. The number of carboxylic acid groups (broad SMARTS) is 1. The Bertz CT molecular complexity index is 481. The lowest BCUT2D eigenvalue weighted by Crippen LogP contribution is -2.56. The number of likely N-dealkylation sites (N-methyl/N-ethyl adjacent to an activating group) is 1. The van der Waals surface area contributed by atoms with Gasteiger partial charge in [-0.3, -0.25) is 4.79 Å². The first kappa shape index (κ1) is 15.8. The lowest BCUT2D eigenvalue weighted by molar-refractivity contribution is -0.147. The highest BCUT2D eigenvalue weighted by atomic mass is 16.5. The molecular weight excluding hydrogens is 266 g/mol. The highest BCUT2D eigenvalue weighted by molar-refractivity contribution is 5.80. The van der Waals surface area contributed by atoms with Crippen molar-refractivity contribution in [3.63, 3.8) is 0 Å². The molecule has 4 heteroatoms. The third-order valence-electron chi connectivity index (χ3n) is 4.63. The molecule has 2 unspecified atom stereocenters. The molecular formula is C17H25NO3. The third kappa shape index (κ3) is 3.38. The van der Waals surface area contributed by atoms with Gasteiger partial charge in [-0.1, -0.05) is 26.0 Å². The molecule has 2 rings (SSSR count). The number of ether oxygens (including phenoxy) is 1. The van der Waals surface area contributed by atoms with E-state index in [0.29, 0.717) is 5.92 Å². The molecule has 21 heavy (non-hydrogen) atoms. The van der Waals surface area contributed by atoms with Crippen LogP contribution in [0.4, 0.5) is 0 Å². The molecule has 0 radical (unpaired) electrons. The maximum absolute atomic E-state index is 11.6. The highest BCUT2D eigenvalue weighted by Crippen LogP contribution is 2.40. The molecule has 1 aromatic rings. The predicted octanol–water partition coefficient (Wildman–Crippen LogP) is 3.03. The second-order valence-corrected chi connectivity index (χ2v) is 5.97. The lowest BCUT2D eigenvalue weighted by atomic mass is 9.94. The number of rotatable bonds is 8. The molecule has 0 bridgehead atoms. The Balaban J connectivity index is 2.02. The van der Waals surface area contributed by atoms with Crippen molar-refractivity contribution in [2.75, 3.05) is 13.7 Å². The first-order chi connectivity index (χ1) is 10.0. The fraction of sp³-hybridized carbons (Fsp3) is 0.588. The summed E-state index contributed by atoms with van der Waals surface area (Å²) in [5.74, 6) is 0.590. The Morgan fingerprint density at radius 3 is 2.48 bits per heavy atom. The molecule has 116 valence electrons. The van der Waals surface area contributed by atoms with E-state index in [-0.39, 0.29) is 12.5 Å². The number of aliphatic carboxylic acids is 1. The molecule has 1 aliphatic rings. The van der Waals surface area contributed by atoms with E-state index in [4.69, 9.17) is 4.74 Å². The van der Waals surface area contributed by atoms with Gasteiger partial charge in [-0.25, -0.2) is 0 Å². The predicted molar refractivity (Wildman–Crippen MR) is 82.8 cm³/mol. The van der Waals surface area contributed by atoms with Crippen molar-refractivity contribution in [2.45, 2.75) is 44.6 Å². The van der Waals surface area contributed by atoms with Crippen molar-refractivity contribution in [3.05, 3.63) is 29.8 Å². The minimum absolute atomic E-state index is 0.159. The molecule has 0 amide bonds. The lowest BCUT2D eigenvalue weighted by Gasteiger charge is -2.29. The van der Waals surface area contributed by atoms with Gasteiger partial charge >= 0.3 is 5.97 Å². The van der Waals surface area contributed by atoms with Crippen LogP contribution in [0.2, 0.25) is 0 Å². The molecule has 0 heterocycles. The van der Waals surface area contributed by atoms with Crippen LogP contribution in [-0.4, -0.2) is 30.3 Å². The molecule has 0 aromatic heterocycles. The molecule has 2 atom stereocenters. The Morgan fingerprint density at radius 2 is 2.05 bits per heavy atom. The van der Waals surface area contributed by atoms with Crippen LogP contribution in [0.1, 0.15) is 44.6 Å². The Labute approximate surface area is 126 Å². The quantitative estimate of drug-likeness (QED) is 0.773. The molecule has 1 fully saturated rings. The van der Waals surface area contributed by atoms with Gasteiger partial charge in [-0.05, 0) is 55.8 Å². The van der Waals surface area contributed by atoms with Crippen molar-refractivity contribution in [1.29, 1.82) is 0 Å². The van der Waals surface area contributed by atoms with Gasteiger partial charge in [0.2, 0.25) is 0 Å². The van der Waals surface area contributed by atoms with Crippen LogP contribution in [0.3, 0.4) is 0 Å². The van der Waals surface area contributed by atoms with Crippen molar-refractivity contribution in [2.24, 2.45) is 5.92 Å². The molecule has 1 aromatic carbocycles. The minimum Gasteiger partial charge on any atom is -0.491 e. The second-order valence-electron chi connectivity index (χ2n) is 5.97. The summed E-state index contributed by atoms with van der Waals surface area (Å²) in [5.41, 5.74) is 0.320. The van der Waals surface area contributed by atoms with E-state index in [1.54, 1.807) is 7.05 Å². The summed E-state index contributed by atoms with van der Waals surface area (Å²) in [7, 11) is 1.70. The Morgan fingerprint density at radius 1 is 1.43 bits per heavy atom. The summed E-state index contributed by atoms with van der Waals surface area (Å²) in [6.45, 7) is 4.52. The summed E-state index contributed by atoms with van der Waals surface area (Å²) < 4.78 is 5.75. The van der Waals surface area contributed by atoms with Gasteiger partial charge in [0.05, 0.1) is 0 Å². The number of benzene rings is 1. The van der Waals surface area contributed by atoms with Crippen LogP contribution in [0.25, 0.3) is 0 Å². The van der Waals surface area contributed by atoms with Gasteiger partial charge in [0, 0.05) is 0 Å². The van der Waals surface area contributed by atoms with E-state index in [1.807, 2.05) is 12.1 Å². The zero-order chi connectivity index (χ0) is 15.5. The topological polar surface area (TPSA) is 58.6 Å². The molecule has 0 saturated heterocycles. The van der Waals surface area contributed by atoms with Crippen LogP contribution >= 0.6 is 0 Å². The summed E-state index contributed by atoms with van der Waals surface area (Å²) in [4.78, 5) is 11.6. The first-order valence-corrected chi connectivity index (χ1v) is 7.68. The van der Waals surface area contributed by atoms with Gasteiger partial charge < -0.3 is 15.2 Å². The van der Waals surface area contributed by atoms with E-state index in [9.17, 15) is 9.90 Å². The fourth-order valence-electron chi connectivity index (χ4n) is 2.64. The molecule has 1 saturated carbocycles. The van der Waals surface area contributed by atoms with Crippen LogP contribution in [0.15, 0.2) is 24.3 Å². The molecule has 4 nitrogen and oxygen atoms in total. The summed E-state index contributed by atoms with van der Waals surface area (Å²) in [6, 6.07) is 7.97. The largest absolute Gasteiger partial charge is 0.491 e. The van der Waals surface area contributed by atoms with E-state index in [0.717, 1.165) is 25.0 Å². The number of hydrogen-bond acceptors (Lipinski definition) is 3. The van der Waals surface area contributed by atoms with Gasteiger partial charge in [-0.2, -0.15) is 0 Å². The van der Waals surface area contributed by atoms with Gasteiger partial charge in [0.15, 0.2) is 5.54 Å². The maximum atomic E-state index is 11.6. The average Bonchev–Trinajstić information content (AvgIpc) is 3.33. The SMILES string of the molecule is CCC(C)c1ccc(OCC(NC)(C(=O)O)C2CC2)cc1. The van der Waals surface area contributed by atoms with Crippen LogP contribution in [0, 0.1) is 5.92 Å². The van der Waals surface area contributed by atoms with Gasteiger partial charge in [0.1, 0.15) is 12.4 Å². The number of hydrogen-bond donors (Lipinski definition) is 2. The summed E-state index contributed by atoms with van der Waals surface area (Å²) in [6.07, 6.45) is 3.00. The normalized spacial score (nSPS) is 18.8. The summed E-state index contributed by atoms with van der Waals surface area (Å²) >= 11 is 0.